The number of methoxy groups -OCH3 is 1. The van der Waals surface area contributed by atoms with Gasteiger partial charge in [-0.15, -0.1) is 0 Å². The fraction of sp³-hybridized carbons (Fsp3) is 0.0435. The summed E-state index contributed by atoms with van der Waals surface area (Å²) in [5, 5.41) is 3.29. The number of pyridine rings is 1. The van der Waals surface area contributed by atoms with Crippen LogP contribution in [0.4, 0.5) is 11.4 Å². The predicted molar refractivity (Wildman–Crippen MR) is 118 cm³/mol. The topological polar surface area (TPSA) is 85.8 Å². The van der Waals surface area contributed by atoms with E-state index in [2.05, 4.69) is 5.32 Å². The summed E-state index contributed by atoms with van der Waals surface area (Å²) in [4.78, 5) is 26.3. The van der Waals surface area contributed by atoms with Crippen LogP contribution in [0.5, 0.6) is 5.75 Å². The Labute approximate surface area is 177 Å². The van der Waals surface area contributed by atoms with Gasteiger partial charge in [0.15, 0.2) is 0 Å². The number of nitrogens with one attached hydrogen (secondary N) is 1. The quantitative estimate of drug-likeness (QED) is 0.460. The Kier molecular flexibility index (Phi) is 5.16. The number of nitrogen functional groups attached to an aromatic ring is 1. The average Bonchev–Trinajstić information content (AvgIpc) is 3.05. The Hall–Kier alpha value is -3.77. The minimum atomic E-state index is -0.428. The van der Waals surface area contributed by atoms with Crippen LogP contribution in [-0.2, 0) is 0 Å². The number of rotatable bonds is 5. The van der Waals surface area contributed by atoms with Gasteiger partial charge >= 0.3 is 0 Å². The van der Waals surface area contributed by atoms with Crippen LogP contribution in [0, 0.1) is 0 Å². The summed E-state index contributed by atoms with van der Waals surface area (Å²) in [5.41, 5.74) is 8.36. The van der Waals surface area contributed by atoms with Gasteiger partial charge in [-0.1, -0.05) is 35.9 Å². The van der Waals surface area contributed by atoms with E-state index in [4.69, 9.17) is 22.1 Å². The lowest BCUT2D eigenvalue weighted by Crippen LogP contribution is -2.14. The van der Waals surface area contributed by atoms with Crippen LogP contribution in [0.2, 0.25) is 5.02 Å². The molecule has 150 valence electrons. The third-order valence-electron chi connectivity index (χ3n) is 4.74. The van der Waals surface area contributed by atoms with E-state index < -0.39 is 5.91 Å². The Morgan fingerprint density at radius 1 is 1.03 bits per heavy atom. The molecule has 4 rings (SSSR count). The molecule has 7 heteroatoms. The second kappa shape index (κ2) is 7.93. The third kappa shape index (κ3) is 3.49. The number of fused-ring (bicyclic) bond motifs is 1. The monoisotopic (exact) mass is 419 g/mol. The van der Waals surface area contributed by atoms with Crippen molar-refractivity contribution < 1.29 is 14.3 Å². The van der Waals surface area contributed by atoms with Gasteiger partial charge in [-0.25, -0.2) is 0 Å². The summed E-state index contributed by atoms with van der Waals surface area (Å²) in [7, 11) is 1.53. The summed E-state index contributed by atoms with van der Waals surface area (Å²) < 4.78 is 6.84. The molecule has 1 amide bonds. The number of benzene rings is 2. The van der Waals surface area contributed by atoms with Gasteiger partial charge in [0, 0.05) is 22.5 Å². The smallest absolute Gasteiger partial charge is 0.259 e. The number of nitrogens with two attached hydrogens (primary N) is 1. The first kappa shape index (κ1) is 19.5. The Bertz CT molecular complexity index is 1280. The van der Waals surface area contributed by atoms with Gasteiger partial charge in [0.2, 0.25) is 5.78 Å². The first-order chi connectivity index (χ1) is 14.5. The maximum atomic E-state index is 13.3. The van der Waals surface area contributed by atoms with E-state index in [1.165, 1.54) is 7.11 Å². The fourth-order valence-electron chi connectivity index (χ4n) is 3.36. The number of halogens is 1. The summed E-state index contributed by atoms with van der Waals surface area (Å²) in [6.45, 7) is 0. The molecule has 6 nitrogen and oxygen atoms in total. The minimum absolute atomic E-state index is 0.105. The number of carbonyl (C=O) groups is 2. The van der Waals surface area contributed by atoms with Crippen LogP contribution >= 0.6 is 11.6 Å². The number of nitrogens with zero attached hydrogens (tertiary/aromatic N) is 1. The number of hydrogen-bond donors (Lipinski definition) is 2. The van der Waals surface area contributed by atoms with Gasteiger partial charge in [-0.2, -0.15) is 0 Å². The van der Waals surface area contributed by atoms with Gasteiger partial charge in [-0.05, 0) is 42.5 Å². The van der Waals surface area contributed by atoms with Crippen LogP contribution < -0.4 is 15.8 Å². The van der Waals surface area contributed by atoms with E-state index in [-0.39, 0.29) is 22.7 Å². The van der Waals surface area contributed by atoms with Crippen molar-refractivity contribution in [2.45, 2.75) is 0 Å². The summed E-state index contributed by atoms with van der Waals surface area (Å²) in [6.07, 6.45) is 1.70. The standard InChI is InChI=1S/C23H18ClN3O3/c1-30-17-9-4-6-14(12-17)22(28)21-20(25)19(18-10-2-3-11-27(18)21)23(29)26-16-8-5-7-15(24)13-16/h2-13H,25H2,1H3,(H,26,29). The van der Waals surface area contributed by atoms with Gasteiger partial charge in [-0.3, -0.25) is 9.59 Å². The lowest BCUT2D eigenvalue weighted by molar-refractivity contribution is 0.102. The van der Waals surface area contributed by atoms with E-state index >= 15 is 0 Å². The molecule has 3 N–H and O–H groups in total. The van der Waals surface area contributed by atoms with E-state index in [9.17, 15) is 9.59 Å². The van der Waals surface area contributed by atoms with Crippen LogP contribution in [0.15, 0.2) is 72.9 Å². The second-order valence-electron chi connectivity index (χ2n) is 6.62. The van der Waals surface area contributed by atoms with Gasteiger partial charge in [0.25, 0.3) is 5.91 Å². The normalized spacial score (nSPS) is 10.7. The zero-order valence-electron chi connectivity index (χ0n) is 16.1. The van der Waals surface area contributed by atoms with Gasteiger partial charge in [0.05, 0.1) is 23.9 Å². The van der Waals surface area contributed by atoms with Crippen LogP contribution in [0.25, 0.3) is 5.52 Å². The molecule has 0 bridgehead atoms. The number of amides is 1. The van der Waals surface area contributed by atoms with Crippen molar-refractivity contribution in [2.75, 3.05) is 18.2 Å². The molecular formula is C23H18ClN3O3. The number of aromatic nitrogens is 1. The maximum Gasteiger partial charge on any atom is 0.259 e. The van der Waals surface area contributed by atoms with E-state index in [1.54, 1.807) is 77.3 Å². The molecule has 2 heterocycles. The molecule has 2 aromatic heterocycles. The highest BCUT2D eigenvalue weighted by Crippen LogP contribution is 2.30. The lowest BCUT2D eigenvalue weighted by atomic mass is 10.1. The van der Waals surface area contributed by atoms with Crippen molar-refractivity contribution in [3.05, 3.63) is 94.8 Å². The van der Waals surface area contributed by atoms with Crippen LogP contribution in [0.1, 0.15) is 26.4 Å². The highest BCUT2D eigenvalue weighted by molar-refractivity contribution is 6.31. The molecule has 0 radical (unpaired) electrons. The van der Waals surface area contributed by atoms with Crippen LogP contribution in [-0.4, -0.2) is 23.2 Å². The van der Waals surface area contributed by atoms with E-state index in [0.29, 0.717) is 27.5 Å². The SMILES string of the molecule is COc1cccc(C(=O)c2c(N)c(C(=O)Nc3cccc(Cl)c3)c3ccccn23)c1. The number of carbonyl (C=O) groups excluding carboxylic acids is 2. The molecule has 0 aliphatic heterocycles. The molecule has 30 heavy (non-hydrogen) atoms. The number of anilines is 2. The second-order valence-corrected chi connectivity index (χ2v) is 7.06. The molecule has 0 atom stereocenters. The summed E-state index contributed by atoms with van der Waals surface area (Å²) in [5.74, 6) is -0.184. The van der Waals surface area contributed by atoms with Gasteiger partial charge in [0.1, 0.15) is 11.4 Å². The Balaban J connectivity index is 1.81. The van der Waals surface area contributed by atoms with Crippen molar-refractivity contribution in [2.24, 2.45) is 0 Å². The van der Waals surface area contributed by atoms with Crippen molar-refractivity contribution in [3.63, 3.8) is 0 Å². The lowest BCUT2D eigenvalue weighted by Gasteiger charge is -2.06. The molecular weight excluding hydrogens is 402 g/mol. The molecule has 4 aromatic rings. The van der Waals surface area contributed by atoms with Crippen molar-refractivity contribution in [3.8, 4) is 5.75 Å². The number of ketones is 1. The molecule has 0 saturated carbocycles. The zero-order chi connectivity index (χ0) is 21.3. The molecule has 0 unspecified atom stereocenters. The minimum Gasteiger partial charge on any atom is -0.497 e. The largest absolute Gasteiger partial charge is 0.497 e. The van der Waals surface area contributed by atoms with E-state index in [1.807, 2.05) is 0 Å². The van der Waals surface area contributed by atoms with Gasteiger partial charge < -0.3 is 20.2 Å². The molecule has 0 fully saturated rings. The predicted octanol–water partition coefficient (Wildman–Crippen LogP) is 4.67. The summed E-state index contributed by atoms with van der Waals surface area (Å²) >= 11 is 6.00. The molecule has 0 aliphatic rings. The van der Waals surface area contributed by atoms with E-state index in [0.717, 1.165) is 0 Å². The molecule has 2 aromatic carbocycles. The zero-order valence-corrected chi connectivity index (χ0v) is 16.8. The Morgan fingerprint density at radius 2 is 1.83 bits per heavy atom. The average molecular weight is 420 g/mol. The number of ether oxygens (including phenoxy) is 1. The molecule has 0 spiro atoms. The first-order valence-corrected chi connectivity index (χ1v) is 9.51. The van der Waals surface area contributed by atoms with Crippen molar-refractivity contribution in [1.29, 1.82) is 0 Å². The van der Waals surface area contributed by atoms with Crippen molar-refractivity contribution in [1.82, 2.24) is 4.40 Å². The van der Waals surface area contributed by atoms with Crippen molar-refractivity contribution >= 4 is 40.2 Å². The highest BCUT2D eigenvalue weighted by atomic mass is 35.5. The highest BCUT2D eigenvalue weighted by Gasteiger charge is 2.26. The molecule has 0 saturated heterocycles. The fourth-order valence-corrected chi connectivity index (χ4v) is 3.55. The number of hydrogen-bond acceptors (Lipinski definition) is 4. The summed E-state index contributed by atoms with van der Waals surface area (Å²) in [6, 6.07) is 18.9. The van der Waals surface area contributed by atoms with Crippen LogP contribution in [0.3, 0.4) is 0 Å². The first-order valence-electron chi connectivity index (χ1n) is 9.14. The molecule has 0 aliphatic carbocycles. The third-order valence-corrected chi connectivity index (χ3v) is 4.97. The Morgan fingerprint density at radius 3 is 2.60 bits per heavy atom. The maximum absolute atomic E-state index is 13.3.